The third kappa shape index (κ3) is 4.07. The Hall–Kier alpha value is -0.400. The van der Waals surface area contributed by atoms with Crippen molar-refractivity contribution in [3.63, 3.8) is 0 Å². The molecule has 2 atom stereocenters. The lowest BCUT2D eigenvalue weighted by Crippen LogP contribution is -2.47. The van der Waals surface area contributed by atoms with Crippen LogP contribution in [0.3, 0.4) is 0 Å². The predicted octanol–water partition coefficient (Wildman–Crippen LogP) is 1.10. The Kier molecular flexibility index (Phi) is 7.09. The van der Waals surface area contributed by atoms with Gasteiger partial charge in [0.15, 0.2) is 0 Å². The molecule has 18 heavy (non-hydrogen) atoms. The van der Waals surface area contributed by atoms with Crippen molar-refractivity contribution in [1.82, 2.24) is 0 Å². The molecule has 0 aromatic rings. The van der Waals surface area contributed by atoms with Gasteiger partial charge in [-0.3, -0.25) is 0 Å². The lowest BCUT2D eigenvalue weighted by molar-refractivity contribution is -0.546. The van der Waals surface area contributed by atoms with Gasteiger partial charge in [-0.05, 0) is 27.7 Å². The summed E-state index contributed by atoms with van der Waals surface area (Å²) in [6.45, 7) is 5.01. The van der Waals surface area contributed by atoms with E-state index >= 15 is 0 Å². The smallest absolute Gasteiger partial charge is 0.249 e. The number of hydrogen-bond donors (Lipinski definition) is 4. The van der Waals surface area contributed by atoms with Crippen molar-refractivity contribution in [3.8, 4) is 0 Å². The zero-order valence-corrected chi connectivity index (χ0v) is 10.4. The maximum Gasteiger partial charge on any atom is 0.259 e. The summed E-state index contributed by atoms with van der Waals surface area (Å²) in [7, 11) is 0. The topological polar surface area (TPSA) is 136 Å². The Labute approximate surface area is 103 Å². The van der Waals surface area contributed by atoms with Gasteiger partial charge in [0, 0.05) is 0 Å². The van der Waals surface area contributed by atoms with Gasteiger partial charge in [0.1, 0.15) is 12.2 Å². The van der Waals surface area contributed by atoms with Gasteiger partial charge in [0.2, 0.25) is 0 Å². The van der Waals surface area contributed by atoms with Crippen LogP contribution in [-0.2, 0) is 29.3 Å². The molecule has 0 aliphatic heterocycles. The zero-order chi connectivity index (χ0) is 14.4. The van der Waals surface area contributed by atoms with Crippen LogP contribution < -0.4 is 0 Å². The van der Waals surface area contributed by atoms with Crippen LogP contribution in [0.4, 0.5) is 0 Å². The van der Waals surface area contributed by atoms with E-state index in [0.717, 1.165) is 13.8 Å². The molecule has 0 aromatic heterocycles. The fourth-order valence-corrected chi connectivity index (χ4v) is 0.672. The maximum absolute atomic E-state index is 8.52. The van der Waals surface area contributed by atoms with Crippen molar-refractivity contribution in [3.05, 3.63) is 0 Å². The molecule has 2 unspecified atom stereocenters. The molecule has 0 rings (SSSR count). The highest BCUT2D eigenvalue weighted by atomic mass is 17.3. The molecule has 0 bridgehead atoms. The van der Waals surface area contributed by atoms with Gasteiger partial charge in [-0.15, -0.1) is 0 Å². The van der Waals surface area contributed by atoms with Gasteiger partial charge in [0.25, 0.3) is 11.6 Å². The molecule has 110 valence electrons. The van der Waals surface area contributed by atoms with Crippen molar-refractivity contribution in [2.75, 3.05) is 0 Å². The van der Waals surface area contributed by atoms with Gasteiger partial charge >= 0.3 is 0 Å². The molecule has 0 radical (unpaired) electrons. The molecule has 0 saturated heterocycles. The fourth-order valence-electron chi connectivity index (χ4n) is 0.672. The molecular formula is C8H18O10. The first kappa shape index (κ1) is 17.6. The molecule has 0 fully saturated rings. The van der Waals surface area contributed by atoms with Crippen LogP contribution in [0, 0.1) is 0 Å². The Morgan fingerprint density at radius 3 is 1.06 bits per heavy atom. The summed E-state index contributed by atoms with van der Waals surface area (Å²) >= 11 is 0. The summed E-state index contributed by atoms with van der Waals surface area (Å²) < 4.78 is 0. The summed E-state index contributed by atoms with van der Waals surface area (Å²) in [4.78, 5) is 25.0. The third-order valence-corrected chi connectivity index (χ3v) is 2.55. The standard InChI is InChI=1S/C8H18O10/c1-5(7(3,15-9)16-10)13-14-6(2)8(4,17-11)18-12/h5-6,9-12H,1-4H3. The molecule has 10 nitrogen and oxygen atoms in total. The van der Waals surface area contributed by atoms with E-state index < -0.39 is 23.8 Å². The lowest BCUT2D eigenvalue weighted by atomic mass is 10.2. The highest BCUT2D eigenvalue weighted by Gasteiger charge is 2.41. The van der Waals surface area contributed by atoms with E-state index in [2.05, 4.69) is 19.6 Å². The summed E-state index contributed by atoms with van der Waals surface area (Å²) in [6, 6.07) is 0. The first-order valence-corrected chi connectivity index (χ1v) is 4.92. The second kappa shape index (κ2) is 7.25. The van der Waals surface area contributed by atoms with Gasteiger partial charge in [0.05, 0.1) is 0 Å². The third-order valence-electron chi connectivity index (χ3n) is 2.55. The Bertz CT molecular complexity index is 202. The number of rotatable bonds is 9. The van der Waals surface area contributed by atoms with Gasteiger partial charge < -0.3 is 0 Å². The Balaban J connectivity index is 4.41. The van der Waals surface area contributed by atoms with E-state index in [1.54, 1.807) is 0 Å². The molecule has 0 aliphatic carbocycles. The predicted molar refractivity (Wildman–Crippen MR) is 52.8 cm³/mol. The normalized spacial score (nSPS) is 16.7. The van der Waals surface area contributed by atoms with E-state index in [0.29, 0.717) is 0 Å². The quantitative estimate of drug-likeness (QED) is 0.275. The first-order valence-electron chi connectivity index (χ1n) is 4.92. The minimum atomic E-state index is -1.89. The van der Waals surface area contributed by atoms with E-state index in [1.165, 1.54) is 13.8 Å². The van der Waals surface area contributed by atoms with Crippen LogP contribution in [0.1, 0.15) is 27.7 Å². The Morgan fingerprint density at radius 1 is 0.667 bits per heavy atom. The van der Waals surface area contributed by atoms with Crippen molar-refractivity contribution in [1.29, 1.82) is 0 Å². The van der Waals surface area contributed by atoms with Crippen LogP contribution >= 0.6 is 0 Å². The van der Waals surface area contributed by atoms with Crippen molar-refractivity contribution in [2.24, 2.45) is 0 Å². The molecule has 0 aromatic carbocycles. The summed E-state index contributed by atoms with van der Waals surface area (Å²) in [6.07, 6.45) is -2.17. The monoisotopic (exact) mass is 274 g/mol. The summed E-state index contributed by atoms with van der Waals surface area (Å²) in [5.41, 5.74) is 0. The minimum Gasteiger partial charge on any atom is -0.249 e. The molecule has 10 heteroatoms. The zero-order valence-electron chi connectivity index (χ0n) is 10.4. The van der Waals surface area contributed by atoms with E-state index in [1.807, 2.05) is 0 Å². The second-order valence-corrected chi connectivity index (χ2v) is 3.87. The average molecular weight is 274 g/mol. The Morgan fingerprint density at radius 2 is 0.889 bits per heavy atom. The largest absolute Gasteiger partial charge is 0.259 e. The van der Waals surface area contributed by atoms with Crippen LogP contribution in [0.25, 0.3) is 0 Å². The molecule has 4 N–H and O–H groups in total. The van der Waals surface area contributed by atoms with Crippen LogP contribution in [0.5, 0.6) is 0 Å². The van der Waals surface area contributed by atoms with Gasteiger partial charge in [-0.2, -0.15) is 19.6 Å². The highest BCUT2D eigenvalue weighted by Crippen LogP contribution is 2.22. The van der Waals surface area contributed by atoms with Crippen molar-refractivity contribution >= 4 is 0 Å². The van der Waals surface area contributed by atoms with E-state index in [9.17, 15) is 0 Å². The number of hydrogen-bond acceptors (Lipinski definition) is 10. The van der Waals surface area contributed by atoms with Crippen molar-refractivity contribution in [2.45, 2.75) is 51.5 Å². The van der Waals surface area contributed by atoms with Gasteiger partial charge in [-0.25, -0.2) is 30.8 Å². The molecule has 0 aliphatic rings. The minimum absolute atomic E-state index is 1.09. The van der Waals surface area contributed by atoms with Crippen LogP contribution in [0.2, 0.25) is 0 Å². The van der Waals surface area contributed by atoms with E-state index in [-0.39, 0.29) is 0 Å². The molecular weight excluding hydrogens is 256 g/mol. The van der Waals surface area contributed by atoms with E-state index in [4.69, 9.17) is 30.8 Å². The average Bonchev–Trinajstić information content (AvgIpc) is 2.42. The molecule has 0 saturated carbocycles. The molecule has 0 heterocycles. The van der Waals surface area contributed by atoms with Crippen molar-refractivity contribution < 1.29 is 50.4 Å². The first-order chi connectivity index (χ1) is 8.29. The fraction of sp³-hybridized carbons (Fsp3) is 1.00. The van der Waals surface area contributed by atoms with Gasteiger partial charge in [-0.1, -0.05) is 0 Å². The van der Waals surface area contributed by atoms with Crippen LogP contribution in [0.15, 0.2) is 0 Å². The summed E-state index contributed by atoms with van der Waals surface area (Å²) in [5, 5.41) is 34.1. The maximum atomic E-state index is 8.52. The van der Waals surface area contributed by atoms with Crippen LogP contribution in [-0.4, -0.2) is 44.8 Å². The molecule has 0 spiro atoms. The second-order valence-electron chi connectivity index (χ2n) is 3.87. The SMILES string of the molecule is CC(OOC(C)C(C)(OO)OO)C(C)(OO)OO. The highest BCUT2D eigenvalue weighted by molar-refractivity contribution is 4.69. The summed E-state index contributed by atoms with van der Waals surface area (Å²) in [5.74, 6) is -3.79. The lowest BCUT2D eigenvalue weighted by Gasteiger charge is -2.31. The molecule has 0 amide bonds.